The molecule has 264 valence electrons. The van der Waals surface area contributed by atoms with Crippen molar-refractivity contribution in [2.24, 2.45) is 0 Å². The zero-order chi connectivity index (χ0) is 33.1. The van der Waals surface area contributed by atoms with Crippen molar-refractivity contribution in [2.45, 2.75) is 205 Å². The minimum Gasteiger partial charge on any atom is -0.394 e. The van der Waals surface area contributed by atoms with Crippen LogP contribution < -0.4 is 5.32 Å². The van der Waals surface area contributed by atoms with Crippen LogP contribution in [0.5, 0.6) is 0 Å². The molecule has 0 aliphatic heterocycles. The Labute approximate surface area is 279 Å². The summed E-state index contributed by atoms with van der Waals surface area (Å²) in [5.41, 5.74) is 0. The Kier molecular flexibility index (Phi) is 34.3. The number of amides is 1. The standard InChI is InChI=1S/C40H75NO4/c1-3-5-7-9-11-13-14-15-16-17-18-19-20-21-22-23-24-26-27-29-31-33-37(43)35-40(45)41-38(36-42)39(44)34-32-30-28-25-12-10-8-6-4-2/h12,21-22,25,32,34,37-39,42-44H,3-11,13-20,23-24,26-31,33,35-36H2,1-2H3,(H,41,45)/b22-21-,25-12+,34-32+. The number of unbranched alkanes of at least 4 members (excludes halogenated alkanes) is 21. The second-order valence-corrected chi connectivity index (χ2v) is 13.2. The molecule has 0 aromatic heterocycles. The van der Waals surface area contributed by atoms with Gasteiger partial charge in [0.2, 0.25) is 5.91 Å². The summed E-state index contributed by atoms with van der Waals surface area (Å²) in [6.45, 7) is 4.13. The van der Waals surface area contributed by atoms with Gasteiger partial charge in [-0.05, 0) is 57.8 Å². The fourth-order valence-corrected chi connectivity index (χ4v) is 5.64. The van der Waals surface area contributed by atoms with Crippen molar-refractivity contribution in [3.05, 3.63) is 36.5 Å². The molecule has 0 fully saturated rings. The first-order valence-electron chi connectivity index (χ1n) is 19.3. The third kappa shape index (κ3) is 32.3. The quantitative estimate of drug-likeness (QED) is 0.0419. The lowest BCUT2D eigenvalue weighted by atomic mass is 10.0. The van der Waals surface area contributed by atoms with E-state index < -0.39 is 18.2 Å². The van der Waals surface area contributed by atoms with Gasteiger partial charge in [0.15, 0.2) is 0 Å². The number of rotatable bonds is 34. The zero-order valence-electron chi connectivity index (χ0n) is 29.7. The van der Waals surface area contributed by atoms with Gasteiger partial charge in [0.25, 0.3) is 0 Å². The molecule has 0 aliphatic rings. The first-order valence-corrected chi connectivity index (χ1v) is 19.3. The molecule has 0 aliphatic carbocycles. The van der Waals surface area contributed by atoms with Crippen LogP contribution in [0.4, 0.5) is 0 Å². The molecule has 45 heavy (non-hydrogen) atoms. The van der Waals surface area contributed by atoms with Gasteiger partial charge >= 0.3 is 0 Å². The van der Waals surface area contributed by atoms with E-state index in [1.807, 2.05) is 6.08 Å². The maximum Gasteiger partial charge on any atom is 0.222 e. The van der Waals surface area contributed by atoms with E-state index in [1.165, 1.54) is 116 Å². The number of aliphatic hydroxyl groups excluding tert-OH is 3. The molecular weight excluding hydrogens is 558 g/mol. The third-order valence-corrected chi connectivity index (χ3v) is 8.65. The summed E-state index contributed by atoms with van der Waals surface area (Å²) in [6.07, 6.45) is 42.9. The zero-order valence-corrected chi connectivity index (χ0v) is 29.7. The molecule has 3 atom stereocenters. The van der Waals surface area contributed by atoms with Crippen LogP contribution in [0.3, 0.4) is 0 Å². The number of carbonyl (C=O) groups excluding carboxylic acids is 1. The van der Waals surface area contributed by atoms with E-state index in [0.717, 1.165) is 44.9 Å². The minimum atomic E-state index is -0.950. The van der Waals surface area contributed by atoms with Gasteiger partial charge in [-0.2, -0.15) is 0 Å². The molecule has 0 saturated heterocycles. The molecule has 0 heterocycles. The van der Waals surface area contributed by atoms with Gasteiger partial charge in [-0.15, -0.1) is 0 Å². The number of nitrogens with one attached hydrogen (secondary N) is 1. The Balaban J connectivity index is 3.67. The van der Waals surface area contributed by atoms with Crippen LogP contribution in [0, 0.1) is 0 Å². The van der Waals surface area contributed by atoms with Gasteiger partial charge in [-0.1, -0.05) is 159 Å². The molecule has 3 unspecified atom stereocenters. The third-order valence-electron chi connectivity index (χ3n) is 8.65. The van der Waals surface area contributed by atoms with E-state index in [1.54, 1.807) is 6.08 Å². The van der Waals surface area contributed by atoms with Crippen LogP contribution >= 0.6 is 0 Å². The SMILES string of the molecule is CCCCC/C=C/CC/C=C/C(O)C(CO)NC(=O)CC(O)CCCCCCC/C=C\CCCCCCCCCCCCCC. The van der Waals surface area contributed by atoms with Crippen LogP contribution in [-0.2, 0) is 4.79 Å². The first-order chi connectivity index (χ1) is 22.0. The summed E-state index contributed by atoms with van der Waals surface area (Å²) in [5, 5.41) is 32.9. The number of hydrogen-bond acceptors (Lipinski definition) is 4. The largest absolute Gasteiger partial charge is 0.394 e. The van der Waals surface area contributed by atoms with Crippen LogP contribution in [-0.4, -0.2) is 46.1 Å². The Morgan fingerprint density at radius 1 is 0.556 bits per heavy atom. The van der Waals surface area contributed by atoms with Crippen LogP contribution in [0.2, 0.25) is 0 Å². The lowest BCUT2D eigenvalue weighted by molar-refractivity contribution is -0.124. The highest BCUT2D eigenvalue weighted by molar-refractivity contribution is 5.76. The van der Waals surface area contributed by atoms with Gasteiger partial charge in [-0.25, -0.2) is 0 Å². The van der Waals surface area contributed by atoms with Crippen molar-refractivity contribution in [1.29, 1.82) is 0 Å². The highest BCUT2D eigenvalue weighted by Gasteiger charge is 2.20. The molecule has 0 aromatic carbocycles. The number of allylic oxidation sites excluding steroid dienone is 5. The molecule has 0 radical (unpaired) electrons. The van der Waals surface area contributed by atoms with Crippen molar-refractivity contribution >= 4 is 5.91 Å². The van der Waals surface area contributed by atoms with Crippen molar-refractivity contribution in [2.75, 3.05) is 6.61 Å². The molecule has 5 nitrogen and oxygen atoms in total. The Bertz CT molecular complexity index is 704. The molecular formula is C40H75NO4. The lowest BCUT2D eigenvalue weighted by Gasteiger charge is -2.20. The number of hydrogen-bond donors (Lipinski definition) is 4. The molecule has 5 heteroatoms. The second kappa shape index (κ2) is 35.4. The Hall–Kier alpha value is -1.43. The monoisotopic (exact) mass is 634 g/mol. The van der Waals surface area contributed by atoms with Gasteiger partial charge in [0.1, 0.15) is 0 Å². The average Bonchev–Trinajstić information content (AvgIpc) is 3.03. The first kappa shape index (κ1) is 43.6. The van der Waals surface area contributed by atoms with Crippen molar-refractivity contribution in [3.8, 4) is 0 Å². The topological polar surface area (TPSA) is 89.8 Å². The fourth-order valence-electron chi connectivity index (χ4n) is 5.64. The maximum absolute atomic E-state index is 12.3. The molecule has 0 rings (SSSR count). The highest BCUT2D eigenvalue weighted by Crippen LogP contribution is 2.14. The number of carbonyl (C=O) groups is 1. The fraction of sp³-hybridized carbons (Fsp3) is 0.825. The molecule has 4 N–H and O–H groups in total. The van der Waals surface area contributed by atoms with Crippen molar-refractivity contribution in [1.82, 2.24) is 5.32 Å². The lowest BCUT2D eigenvalue weighted by Crippen LogP contribution is -2.45. The molecule has 0 aromatic rings. The average molecular weight is 634 g/mol. The predicted octanol–water partition coefficient (Wildman–Crippen LogP) is 10.4. The predicted molar refractivity (Wildman–Crippen MR) is 194 cm³/mol. The summed E-state index contributed by atoms with van der Waals surface area (Å²) in [5.74, 6) is -0.334. The molecule has 0 bridgehead atoms. The molecule has 1 amide bonds. The maximum atomic E-state index is 12.3. The molecule has 0 saturated carbocycles. The van der Waals surface area contributed by atoms with E-state index in [2.05, 4.69) is 43.5 Å². The molecule has 0 spiro atoms. The van der Waals surface area contributed by atoms with E-state index in [9.17, 15) is 20.1 Å². The van der Waals surface area contributed by atoms with Crippen molar-refractivity contribution < 1.29 is 20.1 Å². The summed E-state index contributed by atoms with van der Waals surface area (Å²) < 4.78 is 0. The van der Waals surface area contributed by atoms with E-state index in [-0.39, 0.29) is 18.9 Å². The van der Waals surface area contributed by atoms with Crippen LogP contribution in [0.25, 0.3) is 0 Å². The second-order valence-electron chi connectivity index (χ2n) is 13.2. The Morgan fingerprint density at radius 2 is 0.956 bits per heavy atom. The van der Waals surface area contributed by atoms with E-state index in [4.69, 9.17) is 0 Å². The van der Waals surface area contributed by atoms with Gasteiger partial charge in [-0.3, -0.25) is 4.79 Å². The normalized spacial score (nSPS) is 14.2. The van der Waals surface area contributed by atoms with Crippen molar-refractivity contribution in [3.63, 3.8) is 0 Å². The van der Waals surface area contributed by atoms with Crippen LogP contribution in [0.1, 0.15) is 187 Å². The van der Waals surface area contributed by atoms with Gasteiger partial charge in [0, 0.05) is 0 Å². The minimum absolute atomic E-state index is 0.000249. The summed E-state index contributed by atoms with van der Waals surface area (Å²) >= 11 is 0. The smallest absolute Gasteiger partial charge is 0.222 e. The highest BCUT2D eigenvalue weighted by atomic mass is 16.3. The summed E-state index contributed by atoms with van der Waals surface area (Å²) in [6, 6.07) is -0.760. The number of aliphatic hydroxyl groups is 3. The summed E-state index contributed by atoms with van der Waals surface area (Å²) in [4.78, 5) is 12.3. The van der Waals surface area contributed by atoms with E-state index in [0.29, 0.717) is 6.42 Å². The Morgan fingerprint density at radius 3 is 1.47 bits per heavy atom. The van der Waals surface area contributed by atoms with E-state index >= 15 is 0 Å². The van der Waals surface area contributed by atoms with Crippen LogP contribution in [0.15, 0.2) is 36.5 Å². The van der Waals surface area contributed by atoms with Gasteiger partial charge < -0.3 is 20.6 Å². The van der Waals surface area contributed by atoms with Gasteiger partial charge in [0.05, 0.1) is 31.3 Å². The summed E-state index contributed by atoms with van der Waals surface area (Å²) in [7, 11) is 0.